The molecule has 4 heteroatoms. The van der Waals surface area contributed by atoms with Crippen molar-refractivity contribution in [3.05, 3.63) is 0 Å². The fourth-order valence-electron chi connectivity index (χ4n) is 3.52. The first-order valence-electron chi connectivity index (χ1n) is 7.21. The van der Waals surface area contributed by atoms with E-state index in [-0.39, 0.29) is 11.8 Å². The molecule has 1 saturated heterocycles. The average molecular weight is 268 g/mol. The summed E-state index contributed by atoms with van der Waals surface area (Å²) in [5.41, 5.74) is 5.67. The zero-order valence-electron chi connectivity index (χ0n) is 11.2. The Labute approximate surface area is 115 Å². The van der Waals surface area contributed by atoms with Crippen LogP contribution in [0.5, 0.6) is 0 Å². The van der Waals surface area contributed by atoms with Gasteiger partial charge in [-0.15, -0.1) is 0 Å². The summed E-state index contributed by atoms with van der Waals surface area (Å²) in [5, 5.41) is 0. The zero-order chi connectivity index (χ0) is 13.1. The average Bonchev–Trinajstić information content (AvgIpc) is 2.38. The maximum absolute atomic E-state index is 12.4. The predicted octanol–water partition coefficient (Wildman–Crippen LogP) is 2.34. The molecule has 0 aromatic rings. The molecule has 102 valence electrons. The van der Waals surface area contributed by atoms with E-state index in [9.17, 15) is 4.79 Å². The van der Waals surface area contributed by atoms with Crippen molar-refractivity contribution in [3.63, 3.8) is 0 Å². The SMILES string of the molecule is CCC(C(=O)N1CCC2CCCCC2C1)C(N)=S. The molecule has 0 spiro atoms. The minimum absolute atomic E-state index is 0.161. The molecule has 1 heterocycles. The summed E-state index contributed by atoms with van der Waals surface area (Å²) >= 11 is 5.01. The van der Waals surface area contributed by atoms with Crippen molar-refractivity contribution in [2.75, 3.05) is 13.1 Å². The van der Waals surface area contributed by atoms with Crippen molar-refractivity contribution in [2.24, 2.45) is 23.5 Å². The third-order valence-corrected chi connectivity index (χ3v) is 4.94. The van der Waals surface area contributed by atoms with Gasteiger partial charge in [-0.2, -0.15) is 0 Å². The molecule has 0 aromatic carbocycles. The summed E-state index contributed by atoms with van der Waals surface area (Å²) in [6.45, 7) is 3.82. The van der Waals surface area contributed by atoms with Crippen molar-refractivity contribution in [2.45, 2.75) is 45.4 Å². The van der Waals surface area contributed by atoms with Gasteiger partial charge >= 0.3 is 0 Å². The summed E-state index contributed by atoms with van der Waals surface area (Å²) in [5.74, 6) is 1.49. The number of rotatable bonds is 3. The number of fused-ring (bicyclic) bond motifs is 1. The van der Waals surface area contributed by atoms with Crippen LogP contribution in [0, 0.1) is 17.8 Å². The van der Waals surface area contributed by atoms with E-state index in [4.69, 9.17) is 18.0 Å². The number of hydrogen-bond acceptors (Lipinski definition) is 2. The number of carbonyl (C=O) groups is 1. The summed E-state index contributed by atoms with van der Waals surface area (Å²) in [6, 6.07) is 0. The summed E-state index contributed by atoms with van der Waals surface area (Å²) < 4.78 is 0. The van der Waals surface area contributed by atoms with E-state index in [2.05, 4.69) is 0 Å². The van der Waals surface area contributed by atoms with Gasteiger partial charge in [0.25, 0.3) is 0 Å². The third kappa shape index (κ3) is 2.85. The number of carbonyl (C=O) groups excluding carboxylic acids is 1. The second-order valence-corrected chi connectivity index (χ2v) is 6.21. The number of nitrogens with two attached hydrogens (primary N) is 1. The predicted molar refractivity (Wildman–Crippen MR) is 77.2 cm³/mol. The molecule has 1 aliphatic heterocycles. The van der Waals surface area contributed by atoms with Crippen LogP contribution in [-0.4, -0.2) is 28.9 Å². The lowest BCUT2D eigenvalue weighted by Crippen LogP contribution is -2.48. The fourth-order valence-corrected chi connectivity index (χ4v) is 3.79. The van der Waals surface area contributed by atoms with E-state index in [1.807, 2.05) is 11.8 Å². The van der Waals surface area contributed by atoms with Gasteiger partial charge in [0.2, 0.25) is 5.91 Å². The molecular weight excluding hydrogens is 244 g/mol. The molecular formula is C14H24N2OS. The lowest BCUT2D eigenvalue weighted by atomic mass is 9.75. The molecule has 18 heavy (non-hydrogen) atoms. The van der Waals surface area contributed by atoms with Crippen LogP contribution in [0.1, 0.15) is 45.4 Å². The molecule has 0 aromatic heterocycles. The van der Waals surface area contributed by atoms with Crippen molar-refractivity contribution in [1.29, 1.82) is 0 Å². The Kier molecular flexibility index (Phi) is 4.60. The van der Waals surface area contributed by atoms with Crippen LogP contribution < -0.4 is 5.73 Å². The van der Waals surface area contributed by atoms with Crippen LogP contribution in [0.2, 0.25) is 0 Å². The van der Waals surface area contributed by atoms with Crippen LogP contribution in [0.4, 0.5) is 0 Å². The topological polar surface area (TPSA) is 46.3 Å². The number of piperidine rings is 1. The first-order chi connectivity index (χ1) is 8.63. The highest BCUT2D eigenvalue weighted by atomic mass is 32.1. The van der Waals surface area contributed by atoms with E-state index >= 15 is 0 Å². The van der Waals surface area contributed by atoms with E-state index in [0.29, 0.717) is 4.99 Å². The van der Waals surface area contributed by atoms with E-state index in [0.717, 1.165) is 31.3 Å². The Balaban J connectivity index is 1.97. The molecule has 1 amide bonds. The lowest BCUT2D eigenvalue weighted by Gasteiger charge is -2.42. The number of likely N-dealkylation sites (tertiary alicyclic amines) is 1. The number of thiocarbonyl (C=S) groups is 1. The monoisotopic (exact) mass is 268 g/mol. The highest BCUT2D eigenvalue weighted by Gasteiger charge is 2.35. The van der Waals surface area contributed by atoms with Crippen LogP contribution >= 0.6 is 12.2 Å². The van der Waals surface area contributed by atoms with Crippen LogP contribution in [0.15, 0.2) is 0 Å². The third-order valence-electron chi connectivity index (χ3n) is 4.65. The molecule has 2 N–H and O–H groups in total. The van der Waals surface area contributed by atoms with Crippen LogP contribution in [-0.2, 0) is 4.79 Å². The second-order valence-electron chi connectivity index (χ2n) is 5.74. The minimum Gasteiger partial charge on any atom is -0.393 e. The largest absolute Gasteiger partial charge is 0.393 e. The van der Waals surface area contributed by atoms with Crippen molar-refractivity contribution >= 4 is 23.1 Å². The molecule has 3 unspecified atom stereocenters. The summed E-state index contributed by atoms with van der Waals surface area (Å²) in [6.07, 6.45) is 7.25. The smallest absolute Gasteiger partial charge is 0.232 e. The van der Waals surface area contributed by atoms with Gasteiger partial charge in [-0.05, 0) is 31.1 Å². The fraction of sp³-hybridized carbons (Fsp3) is 0.857. The van der Waals surface area contributed by atoms with Crippen molar-refractivity contribution < 1.29 is 4.79 Å². The molecule has 2 aliphatic rings. The number of hydrogen-bond donors (Lipinski definition) is 1. The molecule has 1 saturated carbocycles. The first kappa shape index (κ1) is 13.8. The van der Waals surface area contributed by atoms with Crippen molar-refractivity contribution in [1.82, 2.24) is 4.90 Å². The molecule has 0 bridgehead atoms. The van der Waals surface area contributed by atoms with Crippen LogP contribution in [0.3, 0.4) is 0 Å². The van der Waals surface area contributed by atoms with Gasteiger partial charge in [0.15, 0.2) is 0 Å². The number of nitrogens with zero attached hydrogens (tertiary/aromatic N) is 1. The molecule has 3 atom stereocenters. The lowest BCUT2D eigenvalue weighted by molar-refractivity contribution is -0.136. The van der Waals surface area contributed by atoms with Gasteiger partial charge in [0, 0.05) is 13.1 Å². The summed E-state index contributed by atoms with van der Waals surface area (Å²) in [4.78, 5) is 14.8. The zero-order valence-corrected chi connectivity index (χ0v) is 12.0. The molecule has 3 nitrogen and oxygen atoms in total. The normalized spacial score (nSPS) is 29.5. The molecule has 1 aliphatic carbocycles. The van der Waals surface area contributed by atoms with E-state index in [1.54, 1.807) is 0 Å². The van der Waals surface area contributed by atoms with Crippen molar-refractivity contribution in [3.8, 4) is 0 Å². The Morgan fingerprint density at radius 1 is 1.33 bits per heavy atom. The molecule has 2 fully saturated rings. The Bertz CT molecular complexity index is 332. The quantitative estimate of drug-likeness (QED) is 0.799. The highest BCUT2D eigenvalue weighted by molar-refractivity contribution is 7.80. The first-order valence-corrected chi connectivity index (χ1v) is 7.62. The van der Waals surface area contributed by atoms with Gasteiger partial charge in [-0.3, -0.25) is 4.79 Å². The van der Waals surface area contributed by atoms with Gasteiger partial charge in [0.05, 0.1) is 10.9 Å². The van der Waals surface area contributed by atoms with Gasteiger partial charge < -0.3 is 10.6 Å². The van der Waals surface area contributed by atoms with Gasteiger partial charge in [-0.1, -0.05) is 38.4 Å². The Morgan fingerprint density at radius 3 is 2.61 bits per heavy atom. The second kappa shape index (κ2) is 6.00. The maximum atomic E-state index is 12.4. The van der Waals surface area contributed by atoms with Crippen LogP contribution in [0.25, 0.3) is 0 Å². The maximum Gasteiger partial charge on any atom is 0.232 e. The Hall–Kier alpha value is -0.640. The van der Waals surface area contributed by atoms with Gasteiger partial charge in [0.1, 0.15) is 0 Å². The minimum atomic E-state index is -0.250. The van der Waals surface area contributed by atoms with E-state index in [1.165, 1.54) is 32.1 Å². The summed E-state index contributed by atoms with van der Waals surface area (Å²) in [7, 11) is 0. The van der Waals surface area contributed by atoms with E-state index < -0.39 is 0 Å². The number of amides is 1. The molecule has 2 rings (SSSR count). The highest BCUT2D eigenvalue weighted by Crippen LogP contribution is 2.36. The molecule has 0 radical (unpaired) electrons. The standard InChI is InChI=1S/C14H24N2OS/c1-2-12(13(15)18)14(17)16-8-7-10-5-3-4-6-11(10)9-16/h10-12H,2-9H2,1H3,(H2,15,18). The van der Waals surface area contributed by atoms with Gasteiger partial charge in [-0.25, -0.2) is 0 Å². The Morgan fingerprint density at radius 2 is 2.00 bits per heavy atom.